The fraction of sp³-hybridized carbons (Fsp3) is 0.207. The maximum Gasteiger partial charge on any atom is 0.416 e. The third kappa shape index (κ3) is 5.31. The zero-order valence-electron chi connectivity index (χ0n) is 21.6. The largest absolute Gasteiger partial charge is 0.463 e. The summed E-state index contributed by atoms with van der Waals surface area (Å²) >= 11 is 2.71. The van der Waals surface area contributed by atoms with E-state index in [1.807, 2.05) is 30.5 Å². The van der Waals surface area contributed by atoms with Crippen molar-refractivity contribution in [2.24, 2.45) is 4.99 Å². The number of nitrogens with zero attached hydrogens (tertiary/aromatic N) is 2. The fourth-order valence-electron chi connectivity index (χ4n) is 4.46. The first-order valence-corrected chi connectivity index (χ1v) is 14.3. The number of ether oxygens (including phenoxy) is 1. The number of fused-ring (bicyclic) bond motifs is 1. The van der Waals surface area contributed by atoms with Gasteiger partial charge >= 0.3 is 12.1 Å². The number of aromatic nitrogens is 1. The maximum absolute atomic E-state index is 13.7. The maximum atomic E-state index is 13.7. The summed E-state index contributed by atoms with van der Waals surface area (Å²) in [7, 11) is 0. The Kier molecular flexibility index (Phi) is 7.61. The Labute approximate surface area is 235 Å². The Balaban J connectivity index is 1.60. The first-order valence-electron chi connectivity index (χ1n) is 12.2. The molecule has 206 valence electrons. The normalized spacial score (nSPS) is 15.7. The molecule has 2 aromatic carbocycles. The van der Waals surface area contributed by atoms with Crippen LogP contribution in [0.15, 0.2) is 91.0 Å². The lowest BCUT2D eigenvalue weighted by atomic mass is 9.96. The first-order chi connectivity index (χ1) is 19.1. The highest BCUT2D eigenvalue weighted by Gasteiger charge is 2.33. The van der Waals surface area contributed by atoms with Gasteiger partial charge in [0.2, 0.25) is 0 Å². The van der Waals surface area contributed by atoms with E-state index < -0.39 is 23.8 Å². The van der Waals surface area contributed by atoms with Gasteiger partial charge in [0.15, 0.2) is 4.80 Å². The molecule has 0 radical (unpaired) electrons. The molecular weight excluding hydrogens is 561 g/mol. The molecule has 11 heteroatoms. The number of halogens is 3. The average molecular weight is 585 g/mol. The van der Waals surface area contributed by atoms with Gasteiger partial charge in [-0.05, 0) is 62.1 Å². The van der Waals surface area contributed by atoms with Crippen LogP contribution in [0.1, 0.15) is 36.8 Å². The molecule has 1 atom stereocenters. The molecule has 0 saturated heterocycles. The van der Waals surface area contributed by atoms with E-state index in [4.69, 9.17) is 9.15 Å². The van der Waals surface area contributed by atoms with E-state index in [0.29, 0.717) is 20.8 Å². The molecule has 5 rings (SSSR count). The lowest BCUT2D eigenvalue weighted by molar-refractivity contribution is -0.139. The molecule has 0 fully saturated rings. The van der Waals surface area contributed by atoms with Crippen LogP contribution < -0.4 is 14.9 Å². The number of carbonyl (C=O) groups is 1. The number of hydrogen-bond donors (Lipinski definition) is 0. The van der Waals surface area contributed by atoms with Crippen LogP contribution in [-0.4, -0.2) is 23.4 Å². The zero-order valence-corrected chi connectivity index (χ0v) is 23.2. The van der Waals surface area contributed by atoms with Crippen molar-refractivity contribution < 1.29 is 27.1 Å². The van der Waals surface area contributed by atoms with Gasteiger partial charge in [0.1, 0.15) is 11.5 Å². The second-order valence-electron chi connectivity index (χ2n) is 8.86. The lowest BCUT2D eigenvalue weighted by Crippen LogP contribution is -2.39. The van der Waals surface area contributed by atoms with Crippen molar-refractivity contribution in [3.05, 3.63) is 109 Å². The molecule has 40 heavy (non-hydrogen) atoms. The average Bonchev–Trinajstić information content (AvgIpc) is 3.52. The number of allylic oxidation sites excluding steroid dienone is 1. The third-order valence-electron chi connectivity index (χ3n) is 6.32. The van der Waals surface area contributed by atoms with E-state index >= 15 is 0 Å². The number of esters is 1. The molecule has 0 spiro atoms. The number of thiazole rings is 1. The summed E-state index contributed by atoms with van der Waals surface area (Å²) in [6, 6.07) is 14.8. The Morgan fingerprint density at radius 3 is 2.60 bits per heavy atom. The summed E-state index contributed by atoms with van der Waals surface area (Å²) in [5, 5.41) is 0. The van der Waals surface area contributed by atoms with Gasteiger partial charge in [0.25, 0.3) is 5.56 Å². The van der Waals surface area contributed by atoms with Gasteiger partial charge in [-0.2, -0.15) is 13.2 Å². The van der Waals surface area contributed by atoms with Crippen molar-refractivity contribution in [1.29, 1.82) is 0 Å². The number of rotatable bonds is 6. The molecule has 0 unspecified atom stereocenters. The van der Waals surface area contributed by atoms with Gasteiger partial charge in [-0.3, -0.25) is 9.36 Å². The molecule has 0 aliphatic carbocycles. The van der Waals surface area contributed by atoms with Crippen LogP contribution >= 0.6 is 23.1 Å². The SMILES string of the molecule is CCOC(=O)C1=C(C)N=c2s/c(=C/c3ccc(-c4cccc(C(F)(F)F)c4)o3)c(=O)n2[C@H]1c1ccc(SC)cc1. The topological polar surface area (TPSA) is 73.8 Å². The van der Waals surface area contributed by atoms with E-state index in [0.717, 1.165) is 33.9 Å². The van der Waals surface area contributed by atoms with E-state index in [-0.39, 0.29) is 29.1 Å². The van der Waals surface area contributed by atoms with Crippen molar-refractivity contribution >= 4 is 35.1 Å². The molecule has 0 saturated carbocycles. The number of alkyl halides is 3. The summed E-state index contributed by atoms with van der Waals surface area (Å²) in [4.78, 5) is 32.7. The molecule has 0 N–H and O–H groups in total. The summed E-state index contributed by atoms with van der Waals surface area (Å²) < 4.78 is 52.4. The van der Waals surface area contributed by atoms with Crippen LogP contribution in [0.5, 0.6) is 0 Å². The summed E-state index contributed by atoms with van der Waals surface area (Å²) in [6.07, 6.45) is -0.996. The van der Waals surface area contributed by atoms with E-state index in [2.05, 4.69) is 4.99 Å². The molecule has 1 aliphatic rings. The number of hydrogen-bond acceptors (Lipinski definition) is 7. The minimum atomic E-state index is -4.48. The van der Waals surface area contributed by atoms with Gasteiger partial charge in [0.05, 0.1) is 34.0 Å². The van der Waals surface area contributed by atoms with Crippen LogP contribution in [0.3, 0.4) is 0 Å². The molecule has 2 aromatic heterocycles. The molecule has 3 heterocycles. The molecule has 0 amide bonds. The van der Waals surface area contributed by atoms with Crippen molar-refractivity contribution in [2.75, 3.05) is 12.9 Å². The highest BCUT2D eigenvalue weighted by Crippen LogP contribution is 2.33. The Morgan fingerprint density at radius 2 is 1.93 bits per heavy atom. The number of carbonyl (C=O) groups excluding carboxylic acids is 1. The zero-order chi connectivity index (χ0) is 28.6. The molecule has 0 bridgehead atoms. The van der Waals surface area contributed by atoms with Crippen molar-refractivity contribution in [1.82, 2.24) is 4.57 Å². The second-order valence-corrected chi connectivity index (χ2v) is 10.7. The molecule has 6 nitrogen and oxygen atoms in total. The van der Waals surface area contributed by atoms with Crippen LogP contribution in [0.2, 0.25) is 0 Å². The van der Waals surface area contributed by atoms with Gasteiger partial charge < -0.3 is 9.15 Å². The fourth-order valence-corrected chi connectivity index (χ4v) is 5.89. The number of furan rings is 1. The minimum absolute atomic E-state index is 0.171. The predicted molar refractivity (Wildman–Crippen MR) is 148 cm³/mol. The molecular formula is C29H23F3N2O4S2. The van der Waals surface area contributed by atoms with Crippen LogP contribution in [-0.2, 0) is 15.7 Å². The number of thioether (sulfide) groups is 1. The summed E-state index contributed by atoms with van der Waals surface area (Å²) in [5.41, 5.74) is 0.563. The Hall–Kier alpha value is -3.83. The van der Waals surface area contributed by atoms with Crippen LogP contribution in [0.25, 0.3) is 17.4 Å². The molecule has 1 aliphatic heterocycles. The quantitative estimate of drug-likeness (QED) is 0.212. The van der Waals surface area contributed by atoms with Crippen molar-refractivity contribution in [3.8, 4) is 11.3 Å². The highest BCUT2D eigenvalue weighted by atomic mass is 32.2. The van der Waals surface area contributed by atoms with Crippen molar-refractivity contribution in [2.45, 2.75) is 31.0 Å². The Bertz CT molecular complexity index is 1800. The van der Waals surface area contributed by atoms with Gasteiger partial charge in [0, 0.05) is 16.5 Å². The second kappa shape index (κ2) is 11.0. The van der Waals surface area contributed by atoms with Crippen molar-refractivity contribution in [3.63, 3.8) is 0 Å². The standard InChI is InChI=1S/C29H23F3N2O4S2/c1-4-37-27(36)24-16(2)33-28-34(25(24)17-8-11-21(39-3)12-9-17)26(35)23(40-28)15-20-10-13-22(38-20)18-6-5-7-19(14-18)29(30,31)32/h5-15,25H,4H2,1-3H3/b23-15+/t25-/m0/s1. The molecule has 4 aromatic rings. The highest BCUT2D eigenvalue weighted by molar-refractivity contribution is 7.98. The summed E-state index contributed by atoms with van der Waals surface area (Å²) in [6.45, 7) is 3.59. The third-order valence-corrected chi connectivity index (χ3v) is 8.05. The van der Waals surface area contributed by atoms with Crippen LogP contribution in [0, 0.1) is 0 Å². The van der Waals surface area contributed by atoms with E-state index in [9.17, 15) is 22.8 Å². The monoisotopic (exact) mass is 584 g/mol. The smallest absolute Gasteiger partial charge is 0.416 e. The Morgan fingerprint density at radius 1 is 1.18 bits per heavy atom. The van der Waals surface area contributed by atoms with Crippen LogP contribution in [0.4, 0.5) is 13.2 Å². The predicted octanol–water partition coefficient (Wildman–Crippen LogP) is 5.80. The van der Waals surface area contributed by atoms with E-state index in [1.165, 1.54) is 22.8 Å². The van der Waals surface area contributed by atoms with E-state index in [1.54, 1.807) is 37.7 Å². The van der Waals surface area contributed by atoms with Gasteiger partial charge in [-0.1, -0.05) is 35.6 Å². The van der Waals surface area contributed by atoms with Gasteiger partial charge in [-0.15, -0.1) is 11.8 Å². The summed E-state index contributed by atoms with van der Waals surface area (Å²) in [5.74, 6) is -0.0223. The minimum Gasteiger partial charge on any atom is -0.463 e. The first kappa shape index (κ1) is 27.7. The van der Waals surface area contributed by atoms with Gasteiger partial charge in [-0.25, -0.2) is 9.79 Å². The lowest BCUT2D eigenvalue weighted by Gasteiger charge is -2.24. The number of benzene rings is 2.